The molecule has 0 fully saturated rings. The van der Waals surface area contributed by atoms with E-state index in [4.69, 9.17) is 13.6 Å². The molecule has 0 unspecified atom stereocenters. The van der Waals surface area contributed by atoms with Crippen LogP contribution in [0.5, 0.6) is 0 Å². The fourth-order valence-electron chi connectivity index (χ4n) is 1.67. The van der Waals surface area contributed by atoms with Crippen molar-refractivity contribution in [1.29, 1.82) is 0 Å². The fraction of sp³-hybridized carbons (Fsp3) is 1.00. The first kappa shape index (κ1) is 17.1. The predicted molar refractivity (Wildman–Crippen MR) is 73.7 cm³/mol. The number of hydrogen-bond acceptors (Lipinski definition) is 4. The molecule has 0 rings (SSSR count). The van der Waals surface area contributed by atoms with E-state index in [9.17, 15) is 0 Å². The van der Waals surface area contributed by atoms with Crippen LogP contribution in [0.25, 0.3) is 0 Å². The quantitative estimate of drug-likeness (QED) is 0.422. The molecule has 104 valence electrons. The van der Waals surface area contributed by atoms with Gasteiger partial charge in [-0.2, -0.15) is 0 Å². The van der Waals surface area contributed by atoms with Crippen LogP contribution in [0, 0.1) is 0 Å². The van der Waals surface area contributed by atoms with Gasteiger partial charge in [0, 0.05) is 32.4 Å². The first-order chi connectivity index (χ1) is 8.10. The summed E-state index contributed by atoms with van der Waals surface area (Å²) in [5.74, 6) is 0. The number of ether oxygens (including phenoxy) is 1. The van der Waals surface area contributed by atoms with Crippen LogP contribution < -0.4 is 0 Å². The number of likely N-dealkylation sites (N-methyl/N-ethyl adjacent to an activating group) is 1. The van der Waals surface area contributed by atoms with Crippen molar-refractivity contribution in [3.05, 3.63) is 0 Å². The van der Waals surface area contributed by atoms with Gasteiger partial charge in [0.1, 0.15) is 0 Å². The van der Waals surface area contributed by atoms with Crippen molar-refractivity contribution in [3.63, 3.8) is 0 Å². The van der Waals surface area contributed by atoms with Crippen LogP contribution in [0.15, 0.2) is 0 Å². The number of hydrogen-bond donors (Lipinski definition) is 0. The van der Waals surface area contributed by atoms with Crippen molar-refractivity contribution in [2.24, 2.45) is 0 Å². The third-order valence-electron chi connectivity index (χ3n) is 2.66. The Morgan fingerprint density at radius 3 is 1.94 bits per heavy atom. The maximum Gasteiger partial charge on any atom is 0.340 e. The molecule has 0 aromatic heterocycles. The van der Waals surface area contributed by atoms with Crippen molar-refractivity contribution >= 4 is 8.56 Å². The van der Waals surface area contributed by atoms with Crippen molar-refractivity contribution < 1.29 is 13.6 Å². The zero-order valence-corrected chi connectivity index (χ0v) is 13.1. The van der Waals surface area contributed by atoms with Gasteiger partial charge < -0.3 is 18.5 Å². The molecule has 0 aromatic carbocycles. The lowest BCUT2D eigenvalue weighted by molar-refractivity contribution is 0.114. The highest BCUT2D eigenvalue weighted by atomic mass is 28.4. The molecule has 0 spiro atoms. The highest BCUT2D eigenvalue weighted by Crippen LogP contribution is 2.18. The second-order valence-corrected chi connectivity index (χ2v) is 7.90. The lowest BCUT2D eigenvalue weighted by Crippen LogP contribution is -2.42. The topological polar surface area (TPSA) is 30.9 Å². The Labute approximate surface area is 107 Å². The molecule has 17 heavy (non-hydrogen) atoms. The molecule has 0 aromatic rings. The van der Waals surface area contributed by atoms with Gasteiger partial charge in [0.25, 0.3) is 0 Å². The van der Waals surface area contributed by atoms with E-state index in [1.54, 1.807) is 0 Å². The largest absolute Gasteiger partial charge is 0.394 e. The molecule has 4 nitrogen and oxygen atoms in total. The van der Waals surface area contributed by atoms with Gasteiger partial charge in [-0.05, 0) is 34.0 Å². The summed E-state index contributed by atoms with van der Waals surface area (Å²) in [4.78, 5) is 2.12. The van der Waals surface area contributed by atoms with Crippen LogP contribution in [0.4, 0.5) is 0 Å². The molecule has 0 aliphatic carbocycles. The molecule has 0 heterocycles. The van der Waals surface area contributed by atoms with Crippen LogP contribution in [0.1, 0.15) is 20.8 Å². The van der Waals surface area contributed by atoms with Crippen molar-refractivity contribution in [2.45, 2.75) is 32.9 Å². The molecule has 0 N–H and O–H groups in total. The summed E-state index contributed by atoms with van der Waals surface area (Å²) in [7, 11) is 2.12. The van der Waals surface area contributed by atoms with Gasteiger partial charge >= 0.3 is 8.56 Å². The maximum absolute atomic E-state index is 5.87. The maximum atomic E-state index is 5.87. The molecular weight excluding hydrogens is 234 g/mol. The average Bonchev–Trinajstić information content (AvgIpc) is 2.28. The van der Waals surface area contributed by atoms with Crippen LogP contribution >= 0.6 is 0 Å². The minimum atomic E-state index is -1.99. The number of nitrogens with zero attached hydrogens (tertiary/aromatic N) is 1. The van der Waals surface area contributed by atoms with Gasteiger partial charge in [0.05, 0.1) is 6.61 Å². The van der Waals surface area contributed by atoms with Crippen LogP contribution in [-0.4, -0.2) is 60.5 Å². The van der Waals surface area contributed by atoms with E-state index in [1.807, 2.05) is 13.8 Å². The van der Waals surface area contributed by atoms with Gasteiger partial charge in [-0.15, -0.1) is 0 Å². The highest BCUT2D eigenvalue weighted by molar-refractivity contribution is 6.67. The smallest absolute Gasteiger partial charge is 0.340 e. The summed E-state index contributed by atoms with van der Waals surface area (Å²) in [5, 5.41) is 0. The second kappa shape index (κ2) is 10.0. The van der Waals surface area contributed by atoms with E-state index in [-0.39, 0.29) is 0 Å². The Hall–Kier alpha value is 0.0569. The van der Waals surface area contributed by atoms with Crippen LogP contribution in [-0.2, 0) is 13.6 Å². The standard InChI is InChI=1S/C12H29NO3Si/c1-6-15-17(8-3,16-7-2)12-11-14-10-9-13(4)5/h6-12H2,1-5H3. The van der Waals surface area contributed by atoms with Crippen LogP contribution in [0.2, 0.25) is 12.1 Å². The molecule has 0 amide bonds. The summed E-state index contributed by atoms with van der Waals surface area (Å²) in [6, 6.07) is 1.92. The lowest BCUT2D eigenvalue weighted by Gasteiger charge is -2.28. The van der Waals surface area contributed by atoms with E-state index in [0.29, 0.717) is 0 Å². The van der Waals surface area contributed by atoms with E-state index in [1.165, 1.54) is 0 Å². The first-order valence-corrected chi connectivity index (χ1v) is 8.83. The Balaban J connectivity index is 3.89. The minimum absolute atomic E-state index is 0.734. The van der Waals surface area contributed by atoms with Gasteiger partial charge in [0.2, 0.25) is 0 Å². The third kappa shape index (κ3) is 7.89. The molecule has 5 heteroatoms. The molecule has 0 aliphatic rings. The first-order valence-electron chi connectivity index (χ1n) is 6.60. The third-order valence-corrected chi connectivity index (χ3v) is 6.34. The molecule has 0 atom stereocenters. The molecular formula is C12H29NO3Si. The summed E-state index contributed by atoms with van der Waals surface area (Å²) in [6.07, 6.45) is 0. The Kier molecular flexibility index (Phi) is 10.1. The Bertz CT molecular complexity index is 173. The molecule has 0 saturated carbocycles. The minimum Gasteiger partial charge on any atom is -0.394 e. The van der Waals surface area contributed by atoms with E-state index in [2.05, 4.69) is 25.9 Å². The second-order valence-electron chi connectivity index (χ2n) is 4.30. The molecule has 0 aliphatic heterocycles. The zero-order valence-electron chi connectivity index (χ0n) is 12.1. The summed E-state index contributed by atoms with van der Waals surface area (Å²) >= 11 is 0. The van der Waals surface area contributed by atoms with Gasteiger partial charge in [-0.25, -0.2) is 0 Å². The zero-order chi connectivity index (χ0) is 13.1. The normalized spacial score (nSPS) is 12.4. The monoisotopic (exact) mass is 263 g/mol. The van der Waals surface area contributed by atoms with Crippen molar-refractivity contribution in [3.8, 4) is 0 Å². The highest BCUT2D eigenvalue weighted by Gasteiger charge is 2.34. The average molecular weight is 263 g/mol. The van der Waals surface area contributed by atoms with Gasteiger partial charge in [-0.1, -0.05) is 6.92 Å². The predicted octanol–water partition coefficient (Wildman–Crippen LogP) is 2.10. The fourth-order valence-corrected chi connectivity index (χ4v) is 4.31. The Morgan fingerprint density at radius 1 is 0.941 bits per heavy atom. The van der Waals surface area contributed by atoms with E-state index < -0.39 is 8.56 Å². The summed E-state index contributed by atoms with van der Waals surface area (Å²) in [6.45, 7) is 10.2. The van der Waals surface area contributed by atoms with Crippen molar-refractivity contribution in [1.82, 2.24) is 4.90 Å². The molecule has 0 bridgehead atoms. The van der Waals surface area contributed by atoms with Gasteiger partial charge in [0.15, 0.2) is 0 Å². The molecule has 0 saturated heterocycles. The lowest BCUT2D eigenvalue weighted by atomic mass is 10.6. The summed E-state index contributed by atoms with van der Waals surface area (Å²) in [5.41, 5.74) is 0. The Morgan fingerprint density at radius 2 is 1.53 bits per heavy atom. The van der Waals surface area contributed by atoms with E-state index >= 15 is 0 Å². The SMILES string of the molecule is CCO[Si](CC)(CCOCCN(C)C)OCC. The van der Waals surface area contributed by atoms with Gasteiger partial charge in [-0.3, -0.25) is 0 Å². The number of rotatable bonds is 11. The van der Waals surface area contributed by atoms with E-state index in [0.717, 1.165) is 45.1 Å². The molecule has 0 radical (unpaired) electrons. The van der Waals surface area contributed by atoms with Crippen LogP contribution in [0.3, 0.4) is 0 Å². The van der Waals surface area contributed by atoms with Crippen molar-refractivity contribution in [2.75, 3.05) is 47.1 Å². The summed E-state index contributed by atoms with van der Waals surface area (Å²) < 4.78 is 17.4.